The van der Waals surface area contributed by atoms with Gasteiger partial charge in [0.25, 0.3) is 5.91 Å². The average molecular weight is 256 g/mol. The number of phenols is 1. The predicted octanol–water partition coefficient (Wildman–Crippen LogP) is 1.48. The van der Waals surface area contributed by atoms with Gasteiger partial charge in [0.2, 0.25) is 0 Å². The van der Waals surface area contributed by atoms with Gasteiger partial charge in [0.05, 0.1) is 5.56 Å². The molecule has 96 valence electrons. The van der Waals surface area contributed by atoms with Crippen LogP contribution in [0, 0.1) is 0 Å². The minimum atomic E-state index is -0.628. The molecule has 0 fully saturated rings. The van der Waals surface area contributed by atoms with E-state index in [4.69, 9.17) is 5.84 Å². The smallest absolute Gasteiger partial charge is 0.266 e. The van der Waals surface area contributed by atoms with Crippen LogP contribution in [0.3, 0.4) is 0 Å². The van der Waals surface area contributed by atoms with Gasteiger partial charge in [-0.15, -0.1) is 0 Å². The van der Waals surface area contributed by atoms with Crippen LogP contribution >= 0.6 is 0 Å². The molecule has 0 aliphatic rings. The fourth-order valence-corrected chi connectivity index (χ4v) is 1.92. The molecule has 2 aromatic rings. The highest BCUT2D eigenvalue weighted by molar-refractivity contribution is 6.08. The van der Waals surface area contributed by atoms with Gasteiger partial charge in [-0.1, -0.05) is 30.3 Å². The van der Waals surface area contributed by atoms with Gasteiger partial charge < -0.3 is 5.11 Å². The number of hydrazine groups is 1. The maximum absolute atomic E-state index is 11.8. The molecule has 1 amide bonds. The van der Waals surface area contributed by atoms with E-state index < -0.39 is 5.91 Å². The van der Waals surface area contributed by atoms with Gasteiger partial charge in [-0.2, -0.15) is 0 Å². The highest BCUT2D eigenvalue weighted by atomic mass is 16.3. The van der Waals surface area contributed by atoms with Gasteiger partial charge in [0.1, 0.15) is 5.75 Å². The van der Waals surface area contributed by atoms with Crippen molar-refractivity contribution in [2.45, 2.75) is 0 Å². The third-order valence-electron chi connectivity index (χ3n) is 2.76. The van der Waals surface area contributed by atoms with Gasteiger partial charge in [-0.05, 0) is 17.7 Å². The maximum atomic E-state index is 11.8. The molecule has 5 nitrogen and oxygen atoms in total. The van der Waals surface area contributed by atoms with Crippen LogP contribution in [0.4, 0.5) is 0 Å². The minimum absolute atomic E-state index is 0.0590. The molecule has 0 aliphatic heterocycles. The van der Waals surface area contributed by atoms with Crippen LogP contribution < -0.4 is 11.3 Å². The molecule has 0 aromatic heterocycles. The van der Waals surface area contributed by atoms with Crippen molar-refractivity contribution in [1.29, 1.82) is 0 Å². The fourth-order valence-electron chi connectivity index (χ4n) is 1.92. The van der Waals surface area contributed by atoms with E-state index in [1.165, 1.54) is 12.1 Å². The van der Waals surface area contributed by atoms with Crippen LogP contribution in [0.25, 0.3) is 11.1 Å². The lowest BCUT2D eigenvalue weighted by molar-refractivity contribution is 0.0948. The number of phenolic OH excluding ortho intramolecular Hbond substituents is 1. The van der Waals surface area contributed by atoms with E-state index in [9.17, 15) is 14.7 Å². The topological polar surface area (TPSA) is 92.4 Å². The van der Waals surface area contributed by atoms with Gasteiger partial charge >= 0.3 is 0 Å². The largest absolute Gasteiger partial charge is 0.507 e. The van der Waals surface area contributed by atoms with Crippen molar-refractivity contribution in [2.75, 3.05) is 0 Å². The molecule has 2 aromatic carbocycles. The molecule has 0 saturated carbocycles. The second kappa shape index (κ2) is 5.32. The molecule has 0 bridgehead atoms. The van der Waals surface area contributed by atoms with Crippen molar-refractivity contribution in [3.63, 3.8) is 0 Å². The van der Waals surface area contributed by atoms with E-state index in [0.717, 1.165) is 0 Å². The number of hydrogen-bond acceptors (Lipinski definition) is 4. The number of nitrogens with one attached hydrogen (secondary N) is 1. The van der Waals surface area contributed by atoms with Crippen LogP contribution in [0.15, 0.2) is 42.5 Å². The summed E-state index contributed by atoms with van der Waals surface area (Å²) in [6.07, 6.45) is 0.552. The number of carbonyl (C=O) groups excluding carboxylic acids is 2. The molecule has 0 spiro atoms. The molecular weight excluding hydrogens is 244 g/mol. The Kier molecular flexibility index (Phi) is 3.58. The van der Waals surface area contributed by atoms with Crippen molar-refractivity contribution < 1.29 is 14.7 Å². The fraction of sp³-hybridized carbons (Fsp3) is 0. The number of hydrogen-bond donors (Lipinski definition) is 3. The molecule has 0 radical (unpaired) electrons. The van der Waals surface area contributed by atoms with Crippen LogP contribution in [0.1, 0.15) is 20.7 Å². The number of rotatable bonds is 3. The summed E-state index contributed by atoms with van der Waals surface area (Å²) in [7, 11) is 0. The normalized spacial score (nSPS) is 9.95. The molecule has 5 heteroatoms. The number of nitrogen functional groups attached to an aromatic ring is 1. The summed E-state index contributed by atoms with van der Waals surface area (Å²) in [4.78, 5) is 22.9. The van der Waals surface area contributed by atoms with E-state index in [2.05, 4.69) is 0 Å². The van der Waals surface area contributed by atoms with Gasteiger partial charge in [-0.3, -0.25) is 15.0 Å². The molecule has 0 saturated heterocycles. The van der Waals surface area contributed by atoms with Gasteiger partial charge in [0, 0.05) is 11.1 Å². The van der Waals surface area contributed by atoms with Crippen molar-refractivity contribution in [2.24, 2.45) is 5.84 Å². The van der Waals surface area contributed by atoms with Crippen LogP contribution in [-0.4, -0.2) is 17.3 Å². The molecule has 0 heterocycles. The first kappa shape index (κ1) is 12.8. The highest BCUT2D eigenvalue weighted by Crippen LogP contribution is 2.34. The summed E-state index contributed by atoms with van der Waals surface area (Å²) in [6, 6.07) is 11.6. The zero-order chi connectivity index (χ0) is 13.8. The number of aromatic hydroxyl groups is 1. The molecular formula is C14H12N2O3. The molecule has 0 atom stereocenters. The first-order chi connectivity index (χ1) is 9.19. The van der Waals surface area contributed by atoms with Gasteiger partial charge in [-0.25, -0.2) is 5.84 Å². The number of carbonyl (C=O) groups is 2. The quantitative estimate of drug-likeness (QED) is 0.335. The Morgan fingerprint density at radius 2 is 1.84 bits per heavy atom. The lowest BCUT2D eigenvalue weighted by atomic mass is 9.94. The van der Waals surface area contributed by atoms with Crippen molar-refractivity contribution in [3.8, 4) is 16.9 Å². The van der Waals surface area contributed by atoms with E-state index in [1.807, 2.05) is 11.5 Å². The average Bonchev–Trinajstić information content (AvgIpc) is 2.47. The van der Waals surface area contributed by atoms with E-state index in [1.54, 1.807) is 24.3 Å². The monoisotopic (exact) mass is 256 g/mol. The molecule has 4 N–H and O–H groups in total. The lowest BCUT2D eigenvalue weighted by Crippen LogP contribution is -2.31. The molecule has 0 unspecified atom stereocenters. The molecule has 19 heavy (non-hydrogen) atoms. The van der Waals surface area contributed by atoms with Crippen molar-refractivity contribution in [1.82, 2.24) is 5.43 Å². The Bertz CT molecular complexity index is 624. The third kappa shape index (κ3) is 2.31. The van der Waals surface area contributed by atoms with E-state index >= 15 is 0 Å². The molecule has 0 aliphatic carbocycles. The Labute approximate surface area is 109 Å². The number of benzene rings is 2. The SMILES string of the molecule is NNC(=O)c1c(C=O)ccc(O)c1-c1ccccc1. The predicted molar refractivity (Wildman–Crippen MR) is 70.6 cm³/mol. The first-order valence-electron chi connectivity index (χ1n) is 5.56. The lowest BCUT2D eigenvalue weighted by Gasteiger charge is -2.12. The summed E-state index contributed by atoms with van der Waals surface area (Å²) in [5.41, 5.74) is 3.12. The first-order valence-corrected chi connectivity index (χ1v) is 5.56. The van der Waals surface area contributed by atoms with E-state index in [0.29, 0.717) is 11.8 Å². The summed E-state index contributed by atoms with van der Waals surface area (Å²) in [6.45, 7) is 0. The highest BCUT2D eigenvalue weighted by Gasteiger charge is 2.19. The second-order valence-corrected chi connectivity index (χ2v) is 3.88. The Morgan fingerprint density at radius 1 is 1.16 bits per heavy atom. The summed E-state index contributed by atoms with van der Waals surface area (Å²) < 4.78 is 0. The maximum Gasteiger partial charge on any atom is 0.266 e. The second-order valence-electron chi connectivity index (χ2n) is 3.88. The Hall–Kier alpha value is -2.66. The summed E-state index contributed by atoms with van der Waals surface area (Å²) >= 11 is 0. The zero-order valence-electron chi connectivity index (χ0n) is 9.96. The van der Waals surface area contributed by atoms with Gasteiger partial charge in [0.15, 0.2) is 6.29 Å². The number of amides is 1. The standard InChI is InChI=1S/C14H12N2O3/c15-16-14(19)13-10(8-17)6-7-11(18)12(13)9-4-2-1-3-5-9/h1-8,18H,15H2,(H,16,19). The minimum Gasteiger partial charge on any atom is -0.507 e. The zero-order valence-corrected chi connectivity index (χ0v) is 9.96. The van der Waals surface area contributed by atoms with Crippen molar-refractivity contribution >= 4 is 12.2 Å². The summed E-state index contributed by atoms with van der Waals surface area (Å²) in [5, 5.41) is 9.97. The molecule has 2 rings (SSSR count). The van der Waals surface area contributed by atoms with E-state index in [-0.39, 0.29) is 22.4 Å². The van der Waals surface area contributed by atoms with Crippen LogP contribution in [-0.2, 0) is 0 Å². The van der Waals surface area contributed by atoms with Crippen LogP contribution in [0.5, 0.6) is 5.75 Å². The Balaban J connectivity index is 2.78. The van der Waals surface area contributed by atoms with Crippen LogP contribution in [0.2, 0.25) is 0 Å². The summed E-state index contributed by atoms with van der Waals surface area (Å²) in [5.74, 6) is 4.41. The van der Waals surface area contributed by atoms with Crippen molar-refractivity contribution in [3.05, 3.63) is 53.6 Å². The number of aldehydes is 1. The third-order valence-corrected chi connectivity index (χ3v) is 2.76. The number of nitrogens with two attached hydrogens (primary N) is 1. The Morgan fingerprint density at radius 3 is 2.42 bits per heavy atom.